The lowest BCUT2D eigenvalue weighted by Gasteiger charge is -2.11. The number of nitrogens with zero attached hydrogens (tertiary/aromatic N) is 2. The van der Waals surface area contributed by atoms with Gasteiger partial charge in [-0.3, -0.25) is 9.59 Å². The van der Waals surface area contributed by atoms with Gasteiger partial charge in [-0.2, -0.15) is 5.10 Å². The molecule has 1 amide bonds. The summed E-state index contributed by atoms with van der Waals surface area (Å²) in [4.78, 5) is 25.0. The van der Waals surface area contributed by atoms with Crippen molar-refractivity contribution in [3.05, 3.63) is 68.5 Å². The van der Waals surface area contributed by atoms with Gasteiger partial charge in [-0.05, 0) is 43.7 Å². The van der Waals surface area contributed by atoms with Gasteiger partial charge in [-0.1, -0.05) is 34.1 Å². The molecule has 0 aliphatic rings. The maximum absolute atomic E-state index is 12.7. The summed E-state index contributed by atoms with van der Waals surface area (Å²) in [5.41, 5.74) is 1.75. The summed E-state index contributed by atoms with van der Waals surface area (Å²) in [7, 11) is 0. The lowest BCUT2D eigenvalue weighted by molar-refractivity contribution is 0.102. The van der Waals surface area contributed by atoms with E-state index >= 15 is 0 Å². The molecular formula is C18H16BrN3O2. The highest BCUT2D eigenvalue weighted by molar-refractivity contribution is 9.10. The Balaban J connectivity index is 2.08. The topological polar surface area (TPSA) is 64.0 Å². The summed E-state index contributed by atoms with van der Waals surface area (Å²) in [6.45, 7) is 4.18. The summed E-state index contributed by atoms with van der Waals surface area (Å²) in [5.74, 6) is -0.338. The second-order valence-corrected chi connectivity index (χ2v) is 6.29. The van der Waals surface area contributed by atoms with Gasteiger partial charge in [0.2, 0.25) is 0 Å². The zero-order valence-corrected chi connectivity index (χ0v) is 14.9. The molecule has 24 heavy (non-hydrogen) atoms. The Labute approximate surface area is 147 Å². The first-order valence-electron chi connectivity index (χ1n) is 7.58. The van der Waals surface area contributed by atoms with Crippen LogP contribution in [-0.4, -0.2) is 15.7 Å². The van der Waals surface area contributed by atoms with Crippen LogP contribution >= 0.6 is 15.9 Å². The van der Waals surface area contributed by atoms with Gasteiger partial charge in [0.1, 0.15) is 0 Å². The molecule has 1 heterocycles. The highest BCUT2D eigenvalue weighted by Gasteiger charge is 2.16. The Morgan fingerprint density at radius 2 is 1.92 bits per heavy atom. The molecule has 0 radical (unpaired) electrons. The summed E-state index contributed by atoms with van der Waals surface area (Å²) in [5, 5.41) is 8.14. The Morgan fingerprint density at radius 3 is 2.58 bits per heavy atom. The number of fused-ring (bicyclic) bond motifs is 1. The molecule has 0 fully saturated rings. The monoisotopic (exact) mass is 385 g/mol. The van der Waals surface area contributed by atoms with Crippen LogP contribution in [0.1, 0.15) is 23.0 Å². The average Bonchev–Trinajstić information content (AvgIpc) is 2.58. The maximum Gasteiger partial charge on any atom is 0.276 e. The summed E-state index contributed by atoms with van der Waals surface area (Å²) in [6.07, 6.45) is 0. The van der Waals surface area contributed by atoms with Crippen LogP contribution in [-0.2, 0) is 6.54 Å². The first kappa shape index (κ1) is 16.4. The van der Waals surface area contributed by atoms with Crippen molar-refractivity contribution >= 4 is 38.3 Å². The van der Waals surface area contributed by atoms with Crippen LogP contribution < -0.4 is 10.9 Å². The second-order valence-electron chi connectivity index (χ2n) is 5.43. The number of aromatic nitrogens is 2. The molecular weight excluding hydrogens is 370 g/mol. The number of benzene rings is 2. The van der Waals surface area contributed by atoms with Crippen LogP contribution in [0.4, 0.5) is 5.69 Å². The van der Waals surface area contributed by atoms with E-state index in [1.54, 1.807) is 24.3 Å². The first-order valence-corrected chi connectivity index (χ1v) is 8.38. The van der Waals surface area contributed by atoms with Gasteiger partial charge < -0.3 is 5.32 Å². The fourth-order valence-corrected chi connectivity index (χ4v) is 2.78. The van der Waals surface area contributed by atoms with Gasteiger partial charge in [-0.15, -0.1) is 0 Å². The smallest absolute Gasteiger partial charge is 0.276 e. The Kier molecular flexibility index (Phi) is 4.49. The van der Waals surface area contributed by atoms with E-state index in [2.05, 4.69) is 26.3 Å². The van der Waals surface area contributed by atoms with Gasteiger partial charge >= 0.3 is 0 Å². The minimum atomic E-state index is -0.338. The summed E-state index contributed by atoms with van der Waals surface area (Å²) < 4.78 is 2.29. The van der Waals surface area contributed by atoms with Crippen LogP contribution in [0.3, 0.4) is 0 Å². The molecule has 3 rings (SSSR count). The summed E-state index contributed by atoms with van der Waals surface area (Å²) in [6, 6.07) is 12.6. The number of rotatable bonds is 3. The fourth-order valence-electron chi connectivity index (χ4n) is 2.53. The minimum Gasteiger partial charge on any atom is -0.321 e. The molecule has 2 aromatic carbocycles. The fraction of sp³-hybridized carbons (Fsp3) is 0.167. The van der Waals surface area contributed by atoms with E-state index in [4.69, 9.17) is 0 Å². The third kappa shape index (κ3) is 2.97. The van der Waals surface area contributed by atoms with Gasteiger partial charge in [0.25, 0.3) is 11.5 Å². The lowest BCUT2D eigenvalue weighted by Crippen LogP contribution is -2.27. The molecule has 0 unspecified atom stereocenters. The lowest BCUT2D eigenvalue weighted by atomic mass is 10.1. The standard InChI is InChI=1S/C18H16BrN3O2/c1-3-22-18(24)14-7-5-4-6-13(14)16(21-22)17(23)20-12-8-9-15(19)11(2)10-12/h4-10H,3H2,1-2H3,(H,20,23). The van der Waals surface area contributed by atoms with Crippen LogP contribution in [0.5, 0.6) is 0 Å². The van der Waals surface area contributed by atoms with E-state index in [9.17, 15) is 9.59 Å². The molecule has 0 atom stereocenters. The quantitative estimate of drug-likeness (QED) is 0.746. The van der Waals surface area contributed by atoms with Crippen molar-refractivity contribution in [2.24, 2.45) is 0 Å². The maximum atomic E-state index is 12.7. The number of anilines is 1. The van der Waals surface area contributed by atoms with Crippen LogP contribution in [0.2, 0.25) is 0 Å². The van der Waals surface area contributed by atoms with Crippen LogP contribution in [0.25, 0.3) is 10.8 Å². The molecule has 122 valence electrons. The number of carbonyl (C=O) groups excluding carboxylic acids is 1. The SMILES string of the molecule is CCn1nc(C(=O)Nc2ccc(Br)c(C)c2)c2ccccc2c1=O. The zero-order chi connectivity index (χ0) is 17.3. The number of nitrogens with one attached hydrogen (secondary N) is 1. The molecule has 0 saturated heterocycles. The van der Waals surface area contributed by atoms with E-state index in [1.807, 2.05) is 32.0 Å². The van der Waals surface area contributed by atoms with E-state index in [0.717, 1.165) is 10.0 Å². The van der Waals surface area contributed by atoms with Gasteiger partial charge in [0.15, 0.2) is 5.69 Å². The van der Waals surface area contributed by atoms with Crippen LogP contribution in [0.15, 0.2) is 51.7 Å². The van der Waals surface area contributed by atoms with Gasteiger partial charge in [-0.25, -0.2) is 4.68 Å². The molecule has 0 aliphatic heterocycles. The predicted molar refractivity (Wildman–Crippen MR) is 98.5 cm³/mol. The van der Waals surface area contributed by atoms with Gasteiger partial charge in [0, 0.05) is 22.1 Å². The predicted octanol–water partition coefficient (Wildman–Crippen LogP) is 3.74. The Bertz CT molecular complexity index is 995. The summed E-state index contributed by atoms with van der Waals surface area (Å²) >= 11 is 3.44. The van der Waals surface area contributed by atoms with E-state index in [1.165, 1.54) is 4.68 Å². The van der Waals surface area contributed by atoms with Crippen molar-refractivity contribution in [3.8, 4) is 0 Å². The zero-order valence-electron chi connectivity index (χ0n) is 13.3. The number of hydrogen-bond acceptors (Lipinski definition) is 3. The first-order chi connectivity index (χ1) is 11.5. The highest BCUT2D eigenvalue weighted by Crippen LogP contribution is 2.21. The molecule has 1 aromatic heterocycles. The molecule has 6 heteroatoms. The molecule has 0 aliphatic carbocycles. The number of aryl methyl sites for hydroxylation is 2. The molecule has 0 bridgehead atoms. The molecule has 0 saturated carbocycles. The minimum absolute atomic E-state index is 0.191. The number of halogens is 1. The molecule has 0 spiro atoms. The van der Waals surface area contributed by atoms with Gasteiger partial charge in [0.05, 0.1) is 5.39 Å². The van der Waals surface area contributed by atoms with Crippen molar-refractivity contribution < 1.29 is 4.79 Å². The second kappa shape index (κ2) is 6.57. The third-order valence-corrected chi connectivity index (χ3v) is 4.69. The number of carbonyl (C=O) groups is 1. The molecule has 3 aromatic rings. The van der Waals surface area contributed by atoms with E-state index in [-0.39, 0.29) is 17.2 Å². The Hall–Kier alpha value is -2.47. The van der Waals surface area contributed by atoms with E-state index < -0.39 is 0 Å². The van der Waals surface area contributed by atoms with Crippen molar-refractivity contribution in [1.82, 2.24) is 9.78 Å². The van der Waals surface area contributed by atoms with Crippen LogP contribution in [0, 0.1) is 6.92 Å². The molecule has 1 N–H and O–H groups in total. The number of hydrogen-bond donors (Lipinski definition) is 1. The normalized spacial score (nSPS) is 10.8. The largest absolute Gasteiger partial charge is 0.321 e. The molecule has 5 nitrogen and oxygen atoms in total. The third-order valence-electron chi connectivity index (χ3n) is 3.80. The van der Waals surface area contributed by atoms with Crippen molar-refractivity contribution in [2.45, 2.75) is 20.4 Å². The highest BCUT2D eigenvalue weighted by atomic mass is 79.9. The number of amides is 1. The Morgan fingerprint density at radius 1 is 1.21 bits per heavy atom. The average molecular weight is 386 g/mol. The van der Waals surface area contributed by atoms with E-state index in [0.29, 0.717) is 23.0 Å². The van der Waals surface area contributed by atoms with Crippen molar-refractivity contribution in [1.29, 1.82) is 0 Å². The van der Waals surface area contributed by atoms with Crippen molar-refractivity contribution in [3.63, 3.8) is 0 Å². The van der Waals surface area contributed by atoms with Crippen molar-refractivity contribution in [2.75, 3.05) is 5.32 Å².